The van der Waals surface area contributed by atoms with Gasteiger partial charge in [-0.1, -0.05) is 34.1 Å². The van der Waals surface area contributed by atoms with E-state index in [1.165, 1.54) is 0 Å². The van der Waals surface area contributed by atoms with Gasteiger partial charge in [0.2, 0.25) is 0 Å². The Morgan fingerprint density at radius 2 is 1.46 bits per heavy atom. The van der Waals surface area contributed by atoms with Gasteiger partial charge in [-0.15, -0.1) is 0 Å². The lowest BCUT2D eigenvalue weighted by atomic mass is 10.2. The first-order chi connectivity index (χ1) is 11.4. The van der Waals surface area contributed by atoms with E-state index in [1.54, 1.807) is 6.92 Å². The van der Waals surface area contributed by atoms with E-state index >= 15 is 0 Å². The van der Waals surface area contributed by atoms with Crippen LogP contribution in [0, 0.1) is 0 Å². The molecular weight excluding hydrogens is 328 g/mol. The van der Waals surface area contributed by atoms with Gasteiger partial charge in [0.1, 0.15) is 0 Å². The normalized spacial score (nSPS) is 12.7. The van der Waals surface area contributed by atoms with E-state index in [9.17, 15) is 14.4 Å². The van der Waals surface area contributed by atoms with Crippen LogP contribution < -0.4 is 0 Å². The van der Waals surface area contributed by atoms with E-state index in [-0.39, 0.29) is 6.61 Å². The van der Waals surface area contributed by atoms with Crippen LogP contribution in [0.15, 0.2) is 12.2 Å². The number of carbonyl (C=O) groups is 3. The van der Waals surface area contributed by atoms with Crippen molar-refractivity contribution in [3.8, 4) is 0 Å². The number of ether oxygens (including phenoxy) is 2. The van der Waals surface area contributed by atoms with E-state index < -0.39 is 32.3 Å². The van der Waals surface area contributed by atoms with E-state index in [0.29, 0.717) is 12.8 Å². The zero-order chi connectivity index (χ0) is 18.6. The van der Waals surface area contributed by atoms with Gasteiger partial charge in [0, 0.05) is 12.2 Å². The molecule has 0 saturated heterocycles. The van der Waals surface area contributed by atoms with E-state index in [0.717, 1.165) is 30.3 Å². The quantitative estimate of drug-likeness (QED) is 0.320. The molecule has 0 aliphatic rings. The fourth-order valence-electron chi connectivity index (χ4n) is 2.24. The molecule has 0 aromatic carbocycles. The van der Waals surface area contributed by atoms with Crippen LogP contribution in [0.5, 0.6) is 0 Å². The summed E-state index contributed by atoms with van der Waals surface area (Å²) in [6.07, 6.45) is 2.08. The Kier molecular flexibility index (Phi) is 11.0. The highest BCUT2D eigenvalue weighted by Crippen LogP contribution is 2.23. The predicted octanol–water partition coefficient (Wildman–Crippen LogP) is 3.37. The molecule has 138 valence electrons. The number of hydrogen-bond acceptors (Lipinski definition) is 6. The maximum atomic E-state index is 12.4. The van der Waals surface area contributed by atoms with Crippen molar-refractivity contribution in [1.82, 2.24) is 0 Å². The second-order valence-electron chi connectivity index (χ2n) is 5.46. The van der Waals surface area contributed by atoms with E-state index in [2.05, 4.69) is 4.74 Å². The van der Waals surface area contributed by atoms with Gasteiger partial charge in [-0.2, -0.15) is 0 Å². The van der Waals surface area contributed by atoms with Gasteiger partial charge in [-0.3, -0.25) is 0 Å². The molecule has 0 radical (unpaired) electrons. The maximum absolute atomic E-state index is 12.4. The molecule has 0 aliphatic heterocycles. The Morgan fingerprint density at radius 1 is 0.917 bits per heavy atom. The predicted molar refractivity (Wildman–Crippen MR) is 93.9 cm³/mol. The zero-order valence-corrected chi connectivity index (χ0v) is 16.4. The Hall–Kier alpha value is -1.63. The molecule has 0 amide bonds. The van der Waals surface area contributed by atoms with Gasteiger partial charge in [0.25, 0.3) is 8.32 Å². The lowest BCUT2D eigenvalue weighted by Crippen LogP contribution is -2.42. The lowest BCUT2D eigenvalue weighted by Gasteiger charge is -2.29. The Morgan fingerprint density at radius 3 is 1.92 bits per heavy atom. The monoisotopic (exact) mass is 358 g/mol. The summed E-state index contributed by atoms with van der Waals surface area (Å²) in [5.74, 6) is -1.86. The van der Waals surface area contributed by atoms with Crippen LogP contribution in [0.3, 0.4) is 0 Å². The SMILES string of the molecule is CCCC(OC(=O)/C=C\C(=O)OCC)C(=O)O[Si](CC)(CC)CC. The summed E-state index contributed by atoms with van der Waals surface area (Å²) in [7, 11) is -2.10. The summed E-state index contributed by atoms with van der Waals surface area (Å²) in [4.78, 5) is 35.4. The molecule has 0 bridgehead atoms. The minimum atomic E-state index is -2.10. The molecule has 24 heavy (non-hydrogen) atoms. The van der Waals surface area contributed by atoms with Crippen LogP contribution in [0.1, 0.15) is 47.5 Å². The summed E-state index contributed by atoms with van der Waals surface area (Å²) in [6.45, 7) is 9.86. The van der Waals surface area contributed by atoms with Crippen LogP contribution in [0.4, 0.5) is 0 Å². The molecule has 0 fully saturated rings. The summed E-state index contributed by atoms with van der Waals surface area (Å²) in [6, 6.07) is 2.50. The molecule has 0 saturated carbocycles. The van der Waals surface area contributed by atoms with Crippen molar-refractivity contribution in [3.05, 3.63) is 12.2 Å². The number of rotatable bonds is 11. The van der Waals surface area contributed by atoms with E-state index in [1.807, 2.05) is 27.7 Å². The molecule has 0 aliphatic carbocycles. The van der Waals surface area contributed by atoms with Gasteiger partial charge in [0.15, 0.2) is 6.10 Å². The fourth-order valence-corrected chi connectivity index (χ4v) is 4.73. The molecule has 0 heterocycles. The smallest absolute Gasteiger partial charge is 0.334 e. The van der Waals surface area contributed by atoms with Crippen LogP contribution in [0.2, 0.25) is 18.1 Å². The Bertz CT molecular complexity index is 434. The average Bonchev–Trinajstić information content (AvgIpc) is 2.57. The van der Waals surface area contributed by atoms with Gasteiger partial charge >= 0.3 is 17.9 Å². The maximum Gasteiger partial charge on any atom is 0.334 e. The highest BCUT2D eigenvalue weighted by Gasteiger charge is 2.36. The number of esters is 2. The molecule has 1 atom stereocenters. The second-order valence-corrected chi connectivity index (χ2v) is 10.2. The van der Waals surface area contributed by atoms with Gasteiger partial charge in [0.05, 0.1) is 6.61 Å². The van der Waals surface area contributed by atoms with Crippen LogP contribution in [0.25, 0.3) is 0 Å². The summed E-state index contributed by atoms with van der Waals surface area (Å²) >= 11 is 0. The average molecular weight is 359 g/mol. The summed E-state index contributed by atoms with van der Waals surface area (Å²) in [5, 5.41) is 0. The zero-order valence-electron chi connectivity index (χ0n) is 15.4. The Labute approximate surface area is 145 Å². The molecule has 7 heteroatoms. The first-order valence-corrected chi connectivity index (χ1v) is 11.2. The van der Waals surface area contributed by atoms with Crippen LogP contribution >= 0.6 is 0 Å². The second kappa shape index (κ2) is 11.8. The van der Waals surface area contributed by atoms with Crippen molar-refractivity contribution in [2.45, 2.75) is 71.7 Å². The lowest BCUT2D eigenvalue weighted by molar-refractivity contribution is -0.160. The largest absolute Gasteiger partial charge is 0.516 e. The highest BCUT2D eigenvalue weighted by atomic mass is 28.4. The molecule has 0 aromatic rings. The third-order valence-electron chi connectivity index (χ3n) is 3.96. The van der Waals surface area contributed by atoms with Gasteiger partial charge in [-0.25, -0.2) is 14.4 Å². The van der Waals surface area contributed by atoms with Gasteiger partial charge in [-0.05, 0) is 31.5 Å². The number of carbonyl (C=O) groups excluding carboxylic acids is 3. The molecule has 0 aromatic heterocycles. The van der Waals surface area contributed by atoms with Crippen molar-refractivity contribution in [3.63, 3.8) is 0 Å². The minimum absolute atomic E-state index is 0.223. The van der Waals surface area contributed by atoms with E-state index in [4.69, 9.17) is 9.16 Å². The first-order valence-electron chi connectivity index (χ1n) is 8.66. The topological polar surface area (TPSA) is 78.9 Å². The van der Waals surface area contributed by atoms with Crippen molar-refractivity contribution in [2.24, 2.45) is 0 Å². The molecule has 1 unspecified atom stereocenters. The van der Waals surface area contributed by atoms with Gasteiger partial charge < -0.3 is 13.9 Å². The molecule has 0 spiro atoms. The molecule has 6 nitrogen and oxygen atoms in total. The third-order valence-corrected chi connectivity index (χ3v) is 8.46. The van der Waals surface area contributed by atoms with Crippen LogP contribution in [-0.4, -0.2) is 38.9 Å². The number of hydrogen-bond donors (Lipinski definition) is 0. The highest BCUT2D eigenvalue weighted by molar-refractivity contribution is 6.75. The summed E-state index contributed by atoms with van der Waals surface area (Å²) < 4.78 is 15.6. The fraction of sp³-hybridized carbons (Fsp3) is 0.706. The van der Waals surface area contributed by atoms with Crippen molar-refractivity contribution in [2.75, 3.05) is 6.61 Å². The molecular formula is C17H30O6Si. The minimum Gasteiger partial charge on any atom is -0.516 e. The van der Waals surface area contributed by atoms with Crippen molar-refractivity contribution >= 4 is 26.2 Å². The van der Waals surface area contributed by atoms with Crippen molar-refractivity contribution in [1.29, 1.82) is 0 Å². The van der Waals surface area contributed by atoms with Crippen molar-refractivity contribution < 1.29 is 28.3 Å². The summed E-state index contributed by atoms with van der Waals surface area (Å²) in [5.41, 5.74) is 0. The first kappa shape index (κ1) is 22.4. The molecule has 0 rings (SSSR count). The molecule has 0 N–H and O–H groups in total. The Balaban J connectivity index is 4.87. The third kappa shape index (κ3) is 7.76. The standard InChI is InChI=1S/C17H30O6Si/c1-6-11-14(17(20)23-24(8-3,9-4)10-5)22-16(19)13-12-15(18)21-7-2/h12-14H,6-11H2,1-5H3/b13-12-. The van der Waals surface area contributed by atoms with Crippen LogP contribution in [-0.2, 0) is 28.3 Å².